The van der Waals surface area contributed by atoms with E-state index in [1.807, 2.05) is 0 Å². The minimum absolute atomic E-state index is 0.107. The Labute approximate surface area is 136 Å². The van der Waals surface area contributed by atoms with E-state index in [2.05, 4.69) is 0 Å². The molecule has 2 N–H and O–H groups in total. The monoisotopic (exact) mass is 336 g/mol. The third-order valence-electron chi connectivity index (χ3n) is 2.89. The van der Waals surface area contributed by atoms with E-state index in [1.165, 1.54) is 12.1 Å². The summed E-state index contributed by atoms with van der Waals surface area (Å²) < 4.78 is 0. The lowest BCUT2D eigenvalue weighted by atomic mass is 10.0. The number of halogens is 2. The molecule has 0 fully saturated rings. The van der Waals surface area contributed by atoms with Gasteiger partial charge in [0.1, 0.15) is 0 Å². The Kier molecular flexibility index (Phi) is 4.85. The van der Waals surface area contributed by atoms with Crippen molar-refractivity contribution in [2.75, 3.05) is 0 Å². The number of hydrogen-bond acceptors (Lipinski definition) is 2. The molecule has 0 saturated heterocycles. The maximum atomic E-state index is 11.1. The molecule has 6 heteroatoms. The Morgan fingerprint density at radius 2 is 1.36 bits per heavy atom. The quantitative estimate of drug-likeness (QED) is 0.802. The average Bonchev–Trinajstić information content (AvgIpc) is 2.46. The van der Waals surface area contributed by atoms with Crippen LogP contribution in [0.4, 0.5) is 0 Å². The molecule has 0 spiro atoms. The summed E-state index contributed by atoms with van der Waals surface area (Å²) in [6.45, 7) is 0. The molecule has 0 radical (unpaired) electrons. The van der Waals surface area contributed by atoms with Gasteiger partial charge < -0.3 is 10.2 Å². The summed E-state index contributed by atoms with van der Waals surface area (Å²) in [5.41, 5.74) is 0.784. The smallest absolute Gasteiger partial charge is 0.335 e. The van der Waals surface area contributed by atoms with Crippen LogP contribution in [0.2, 0.25) is 10.0 Å². The number of carbonyl (C=O) groups is 2. The second-order valence-corrected chi connectivity index (χ2v) is 5.24. The zero-order chi connectivity index (χ0) is 16.3. The van der Waals surface area contributed by atoms with Gasteiger partial charge in [0.2, 0.25) is 0 Å². The first kappa shape index (κ1) is 16.1. The van der Waals surface area contributed by atoms with Gasteiger partial charge in [0.05, 0.1) is 11.1 Å². The van der Waals surface area contributed by atoms with E-state index in [4.69, 9.17) is 33.4 Å². The number of benzene rings is 2. The average molecular weight is 337 g/mol. The van der Waals surface area contributed by atoms with E-state index in [9.17, 15) is 9.59 Å². The molecule has 0 saturated carbocycles. The van der Waals surface area contributed by atoms with E-state index in [0.29, 0.717) is 21.2 Å². The molecule has 112 valence electrons. The number of aromatic carboxylic acids is 2. The van der Waals surface area contributed by atoms with Crippen molar-refractivity contribution in [3.63, 3.8) is 0 Å². The fourth-order valence-electron chi connectivity index (χ4n) is 1.84. The highest BCUT2D eigenvalue weighted by molar-refractivity contribution is 6.37. The zero-order valence-electron chi connectivity index (χ0n) is 11.1. The molecule has 2 aromatic rings. The van der Waals surface area contributed by atoms with Gasteiger partial charge in [-0.25, -0.2) is 9.59 Å². The standard InChI is InChI=1S/C16H10Cl2O4/c17-13-2-1-3-14(18)12(13)5-4-9-6-10(15(19)20)8-11(7-9)16(21)22/h1-8H,(H,19,20)(H,21,22)/b5-4+. The van der Waals surface area contributed by atoms with E-state index >= 15 is 0 Å². The molecular weight excluding hydrogens is 327 g/mol. The van der Waals surface area contributed by atoms with Crippen molar-refractivity contribution in [1.29, 1.82) is 0 Å². The van der Waals surface area contributed by atoms with Crippen LogP contribution >= 0.6 is 23.2 Å². The lowest BCUT2D eigenvalue weighted by Crippen LogP contribution is -2.02. The van der Waals surface area contributed by atoms with Gasteiger partial charge in [-0.05, 0) is 35.9 Å². The first-order valence-electron chi connectivity index (χ1n) is 6.12. The molecule has 0 aliphatic heterocycles. The van der Waals surface area contributed by atoms with E-state index in [0.717, 1.165) is 6.07 Å². The predicted octanol–water partition coefficient (Wildman–Crippen LogP) is 4.56. The van der Waals surface area contributed by atoms with Crippen LogP contribution in [0, 0.1) is 0 Å². The Balaban J connectivity index is 2.46. The fourth-order valence-corrected chi connectivity index (χ4v) is 2.37. The summed E-state index contributed by atoms with van der Waals surface area (Å²) in [5, 5.41) is 18.9. The molecule has 0 aromatic heterocycles. The topological polar surface area (TPSA) is 74.6 Å². The van der Waals surface area contributed by atoms with Gasteiger partial charge in [-0.2, -0.15) is 0 Å². The van der Waals surface area contributed by atoms with E-state index < -0.39 is 11.9 Å². The lowest BCUT2D eigenvalue weighted by Gasteiger charge is -2.03. The SMILES string of the molecule is O=C(O)c1cc(/C=C/c2c(Cl)cccc2Cl)cc(C(=O)O)c1. The summed E-state index contributed by atoms with van der Waals surface area (Å²) in [5.74, 6) is -2.40. The van der Waals surface area contributed by atoms with Crippen molar-refractivity contribution in [2.24, 2.45) is 0 Å². The van der Waals surface area contributed by atoms with Gasteiger partial charge in [-0.15, -0.1) is 0 Å². The zero-order valence-corrected chi connectivity index (χ0v) is 12.6. The normalized spacial score (nSPS) is 10.8. The number of carboxylic acids is 2. The second-order valence-electron chi connectivity index (χ2n) is 4.42. The van der Waals surface area contributed by atoms with Gasteiger partial charge >= 0.3 is 11.9 Å². The van der Waals surface area contributed by atoms with Crippen LogP contribution in [-0.2, 0) is 0 Å². The molecule has 0 atom stereocenters. The Bertz CT molecular complexity index is 729. The molecule has 0 aliphatic rings. The highest BCUT2D eigenvalue weighted by Gasteiger charge is 2.10. The van der Waals surface area contributed by atoms with E-state index in [-0.39, 0.29) is 11.1 Å². The maximum Gasteiger partial charge on any atom is 0.335 e. The molecule has 0 amide bonds. The minimum Gasteiger partial charge on any atom is -0.478 e. The van der Waals surface area contributed by atoms with Crippen LogP contribution in [0.5, 0.6) is 0 Å². The van der Waals surface area contributed by atoms with Crippen LogP contribution in [-0.4, -0.2) is 22.2 Å². The number of carboxylic acid groups (broad SMARTS) is 2. The Morgan fingerprint density at radius 1 is 0.864 bits per heavy atom. The maximum absolute atomic E-state index is 11.1. The van der Waals surface area contributed by atoms with E-state index in [1.54, 1.807) is 30.4 Å². The van der Waals surface area contributed by atoms with Crippen molar-refractivity contribution in [1.82, 2.24) is 0 Å². The summed E-state index contributed by atoms with van der Waals surface area (Å²) in [4.78, 5) is 22.1. The van der Waals surface area contributed by atoms with Crippen LogP contribution < -0.4 is 0 Å². The minimum atomic E-state index is -1.20. The summed E-state index contributed by atoms with van der Waals surface area (Å²) >= 11 is 12.1. The number of rotatable bonds is 4. The highest BCUT2D eigenvalue weighted by Crippen LogP contribution is 2.26. The molecule has 2 rings (SSSR count). The van der Waals surface area contributed by atoms with Gasteiger partial charge in [0.25, 0.3) is 0 Å². The van der Waals surface area contributed by atoms with Gasteiger partial charge in [0, 0.05) is 15.6 Å². The van der Waals surface area contributed by atoms with Crippen LogP contribution in [0.25, 0.3) is 12.2 Å². The highest BCUT2D eigenvalue weighted by atomic mass is 35.5. The predicted molar refractivity (Wildman–Crippen MR) is 85.8 cm³/mol. The lowest BCUT2D eigenvalue weighted by molar-refractivity contribution is 0.0696. The molecule has 0 aliphatic carbocycles. The van der Waals surface area contributed by atoms with Crippen LogP contribution in [0.3, 0.4) is 0 Å². The Hall–Kier alpha value is -2.30. The van der Waals surface area contributed by atoms with Gasteiger partial charge in [-0.3, -0.25) is 0 Å². The fraction of sp³-hybridized carbons (Fsp3) is 0. The van der Waals surface area contributed by atoms with Gasteiger partial charge in [-0.1, -0.05) is 41.4 Å². The molecule has 0 bridgehead atoms. The summed E-state index contributed by atoms with van der Waals surface area (Å²) in [6.07, 6.45) is 3.17. The summed E-state index contributed by atoms with van der Waals surface area (Å²) in [7, 11) is 0. The van der Waals surface area contributed by atoms with Crippen molar-refractivity contribution >= 4 is 47.3 Å². The van der Waals surface area contributed by atoms with Crippen molar-refractivity contribution in [2.45, 2.75) is 0 Å². The van der Waals surface area contributed by atoms with Crippen molar-refractivity contribution in [3.8, 4) is 0 Å². The molecule has 2 aromatic carbocycles. The van der Waals surface area contributed by atoms with Crippen molar-refractivity contribution in [3.05, 3.63) is 68.7 Å². The third kappa shape index (κ3) is 3.67. The number of hydrogen-bond donors (Lipinski definition) is 2. The van der Waals surface area contributed by atoms with Crippen LogP contribution in [0.15, 0.2) is 36.4 Å². The second kappa shape index (κ2) is 6.64. The van der Waals surface area contributed by atoms with Crippen molar-refractivity contribution < 1.29 is 19.8 Å². The summed E-state index contributed by atoms with van der Waals surface area (Å²) in [6, 6.07) is 8.89. The molecule has 4 nitrogen and oxygen atoms in total. The Morgan fingerprint density at radius 3 is 1.82 bits per heavy atom. The molecule has 0 unspecified atom stereocenters. The largest absolute Gasteiger partial charge is 0.478 e. The molecule has 22 heavy (non-hydrogen) atoms. The van der Waals surface area contributed by atoms with Crippen LogP contribution in [0.1, 0.15) is 31.8 Å². The molecular formula is C16H10Cl2O4. The first-order valence-corrected chi connectivity index (χ1v) is 6.88. The molecule has 0 heterocycles. The first-order chi connectivity index (χ1) is 10.4. The third-order valence-corrected chi connectivity index (χ3v) is 3.55. The van der Waals surface area contributed by atoms with Gasteiger partial charge in [0.15, 0.2) is 0 Å².